The predicted octanol–water partition coefficient (Wildman–Crippen LogP) is 2.30. The molecule has 0 bridgehead atoms. The van der Waals surface area contributed by atoms with E-state index in [4.69, 9.17) is 9.47 Å². The third kappa shape index (κ3) is 6.95. The van der Waals surface area contributed by atoms with Gasteiger partial charge in [-0.05, 0) is 39.9 Å². The summed E-state index contributed by atoms with van der Waals surface area (Å²) in [5.74, 6) is 0.786. The average Bonchev–Trinajstić information content (AvgIpc) is 2.52. The van der Waals surface area contributed by atoms with Gasteiger partial charge in [0.25, 0.3) is 0 Å². The fourth-order valence-corrected chi connectivity index (χ4v) is 3.67. The van der Waals surface area contributed by atoms with Crippen molar-refractivity contribution in [2.75, 3.05) is 46.2 Å². The largest absolute Gasteiger partial charge is 0.444 e. The molecule has 2 heterocycles. The first-order chi connectivity index (χ1) is 11.8. The third-order valence-corrected chi connectivity index (χ3v) is 5.93. The third-order valence-electron chi connectivity index (χ3n) is 4.51. The highest BCUT2D eigenvalue weighted by Gasteiger charge is 2.35. The van der Waals surface area contributed by atoms with Gasteiger partial charge in [-0.15, -0.1) is 24.0 Å². The maximum atomic E-state index is 12.0. The van der Waals surface area contributed by atoms with E-state index in [0.717, 1.165) is 38.6 Å². The number of carbonyl (C=O) groups is 1. The van der Waals surface area contributed by atoms with Gasteiger partial charge >= 0.3 is 6.09 Å². The number of ether oxygens (including phenoxy) is 2. The molecule has 2 aliphatic heterocycles. The molecule has 1 amide bonds. The van der Waals surface area contributed by atoms with E-state index in [-0.39, 0.29) is 40.9 Å². The SMILES string of the molecule is CN=C(NCC1(SC)CCOCC1)NC1CN(C(=O)OC(C)(C)C)C1.I. The molecule has 9 heteroatoms. The van der Waals surface area contributed by atoms with Crippen molar-refractivity contribution >= 4 is 47.8 Å². The Morgan fingerprint density at radius 1 is 1.35 bits per heavy atom. The molecule has 2 aliphatic rings. The van der Waals surface area contributed by atoms with E-state index in [1.165, 1.54) is 0 Å². The summed E-state index contributed by atoms with van der Waals surface area (Å²) in [6, 6.07) is 0.207. The van der Waals surface area contributed by atoms with Gasteiger partial charge < -0.3 is 25.0 Å². The van der Waals surface area contributed by atoms with Crippen LogP contribution < -0.4 is 10.6 Å². The van der Waals surface area contributed by atoms with Crippen molar-refractivity contribution in [2.24, 2.45) is 4.99 Å². The number of nitrogens with zero attached hydrogens (tertiary/aromatic N) is 2. The van der Waals surface area contributed by atoms with Crippen LogP contribution in [0.15, 0.2) is 4.99 Å². The molecule has 0 saturated carbocycles. The second-order valence-electron chi connectivity index (χ2n) is 7.65. The van der Waals surface area contributed by atoms with Crippen molar-refractivity contribution in [3.05, 3.63) is 0 Å². The molecule has 0 atom stereocenters. The average molecular weight is 500 g/mol. The lowest BCUT2D eigenvalue weighted by atomic mass is 9.99. The van der Waals surface area contributed by atoms with E-state index >= 15 is 0 Å². The van der Waals surface area contributed by atoms with Crippen LogP contribution in [0, 0.1) is 0 Å². The van der Waals surface area contributed by atoms with Crippen molar-refractivity contribution < 1.29 is 14.3 Å². The van der Waals surface area contributed by atoms with Crippen LogP contribution in [-0.2, 0) is 9.47 Å². The smallest absolute Gasteiger partial charge is 0.410 e. The quantitative estimate of drug-likeness (QED) is 0.351. The molecule has 7 nitrogen and oxygen atoms in total. The fraction of sp³-hybridized carbons (Fsp3) is 0.882. The first kappa shape index (κ1) is 23.6. The summed E-state index contributed by atoms with van der Waals surface area (Å²) in [5, 5.41) is 6.82. The van der Waals surface area contributed by atoms with E-state index < -0.39 is 5.60 Å². The van der Waals surface area contributed by atoms with Crippen molar-refractivity contribution in [3.63, 3.8) is 0 Å². The lowest BCUT2D eigenvalue weighted by Crippen LogP contribution is -2.63. The lowest BCUT2D eigenvalue weighted by molar-refractivity contribution is 0.00700. The Labute approximate surface area is 178 Å². The van der Waals surface area contributed by atoms with Crippen LogP contribution in [-0.4, -0.2) is 79.5 Å². The van der Waals surface area contributed by atoms with Gasteiger partial charge in [-0.2, -0.15) is 11.8 Å². The highest BCUT2D eigenvalue weighted by Crippen LogP contribution is 2.32. The van der Waals surface area contributed by atoms with Gasteiger partial charge in [0, 0.05) is 44.6 Å². The van der Waals surface area contributed by atoms with E-state index in [1.54, 1.807) is 11.9 Å². The molecule has 0 aromatic heterocycles. The van der Waals surface area contributed by atoms with Crippen LogP contribution in [0.3, 0.4) is 0 Å². The van der Waals surface area contributed by atoms with Gasteiger partial charge in [0.2, 0.25) is 0 Å². The Kier molecular flexibility index (Phi) is 9.28. The maximum absolute atomic E-state index is 12.0. The van der Waals surface area contributed by atoms with Gasteiger partial charge in [0.05, 0.1) is 6.04 Å². The van der Waals surface area contributed by atoms with Crippen LogP contribution in [0.2, 0.25) is 0 Å². The van der Waals surface area contributed by atoms with Gasteiger partial charge in [-0.1, -0.05) is 0 Å². The number of rotatable bonds is 4. The molecule has 0 aromatic carbocycles. The predicted molar refractivity (Wildman–Crippen MR) is 118 cm³/mol. The summed E-state index contributed by atoms with van der Waals surface area (Å²) in [7, 11) is 1.77. The van der Waals surface area contributed by atoms with E-state index in [0.29, 0.717) is 13.1 Å². The fourth-order valence-electron chi connectivity index (χ4n) is 2.87. The molecule has 2 rings (SSSR count). The number of carbonyl (C=O) groups excluding carboxylic acids is 1. The highest BCUT2D eigenvalue weighted by molar-refractivity contribution is 14.0. The molecule has 26 heavy (non-hydrogen) atoms. The summed E-state index contributed by atoms with van der Waals surface area (Å²) in [6.07, 6.45) is 4.01. The Balaban J connectivity index is 0.00000338. The number of aliphatic imine (C=N–C) groups is 1. The van der Waals surface area contributed by atoms with Gasteiger partial charge in [-0.25, -0.2) is 4.79 Å². The van der Waals surface area contributed by atoms with Crippen LogP contribution >= 0.6 is 35.7 Å². The minimum Gasteiger partial charge on any atom is -0.444 e. The number of hydrogen-bond acceptors (Lipinski definition) is 5. The first-order valence-electron chi connectivity index (χ1n) is 8.85. The zero-order chi connectivity index (χ0) is 18.5. The van der Waals surface area contributed by atoms with Crippen LogP contribution in [0.5, 0.6) is 0 Å². The number of hydrogen-bond donors (Lipinski definition) is 2. The van der Waals surface area contributed by atoms with Crippen molar-refractivity contribution in [1.82, 2.24) is 15.5 Å². The number of guanidine groups is 1. The Morgan fingerprint density at radius 2 is 1.96 bits per heavy atom. The summed E-state index contributed by atoms with van der Waals surface area (Å²) in [5.41, 5.74) is -0.455. The molecule has 0 unspecified atom stereocenters. The lowest BCUT2D eigenvalue weighted by Gasteiger charge is -2.41. The number of thioether (sulfide) groups is 1. The number of amides is 1. The molecular weight excluding hydrogens is 467 g/mol. The monoisotopic (exact) mass is 500 g/mol. The molecule has 2 fully saturated rings. The molecule has 0 aliphatic carbocycles. The summed E-state index contributed by atoms with van der Waals surface area (Å²) in [6.45, 7) is 9.41. The molecule has 0 spiro atoms. The molecule has 152 valence electrons. The number of likely N-dealkylation sites (tertiary alicyclic amines) is 1. The van der Waals surface area contributed by atoms with Crippen molar-refractivity contribution in [2.45, 2.75) is 50.0 Å². The Hall–Kier alpha value is -0.420. The molecule has 0 radical (unpaired) electrons. The van der Waals surface area contributed by atoms with Crippen molar-refractivity contribution in [3.8, 4) is 0 Å². The van der Waals surface area contributed by atoms with Crippen molar-refractivity contribution in [1.29, 1.82) is 0 Å². The molecule has 2 saturated heterocycles. The Morgan fingerprint density at radius 3 is 2.46 bits per heavy atom. The van der Waals surface area contributed by atoms with Crippen LogP contribution in [0.1, 0.15) is 33.6 Å². The number of nitrogens with one attached hydrogen (secondary N) is 2. The molecular formula is C17H33IN4O3S. The Bertz CT molecular complexity index is 487. The van der Waals surface area contributed by atoms with E-state index in [9.17, 15) is 4.79 Å². The molecule has 0 aromatic rings. The van der Waals surface area contributed by atoms with E-state index in [2.05, 4.69) is 21.9 Å². The normalized spacial score (nSPS) is 20.7. The van der Waals surface area contributed by atoms with E-state index in [1.807, 2.05) is 32.5 Å². The summed E-state index contributed by atoms with van der Waals surface area (Å²) >= 11 is 1.90. The summed E-state index contributed by atoms with van der Waals surface area (Å²) in [4.78, 5) is 18.0. The highest BCUT2D eigenvalue weighted by atomic mass is 127. The maximum Gasteiger partial charge on any atom is 0.410 e. The second kappa shape index (κ2) is 10.2. The number of halogens is 1. The summed E-state index contributed by atoms with van der Waals surface area (Å²) < 4.78 is 11.1. The van der Waals surface area contributed by atoms with Crippen LogP contribution in [0.25, 0.3) is 0 Å². The standard InChI is InChI=1S/C17H32N4O3S.HI/c1-16(2,3)24-15(22)21-10-13(11-21)20-14(18-4)19-12-17(25-5)6-8-23-9-7-17;/h13H,6-12H2,1-5H3,(H2,18,19,20);1H. The first-order valence-corrected chi connectivity index (χ1v) is 10.1. The minimum atomic E-state index is -0.455. The van der Waals surface area contributed by atoms with Gasteiger partial charge in [0.15, 0.2) is 5.96 Å². The molecule has 2 N–H and O–H groups in total. The van der Waals surface area contributed by atoms with Gasteiger partial charge in [-0.3, -0.25) is 4.99 Å². The second-order valence-corrected chi connectivity index (χ2v) is 8.93. The zero-order valence-corrected chi connectivity index (χ0v) is 19.6. The van der Waals surface area contributed by atoms with Crippen LogP contribution in [0.4, 0.5) is 4.79 Å². The minimum absolute atomic E-state index is 0. The topological polar surface area (TPSA) is 75.2 Å². The van der Waals surface area contributed by atoms with Gasteiger partial charge in [0.1, 0.15) is 5.60 Å². The zero-order valence-electron chi connectivity index (χ0n) is 16.5.